The van der Waals surface area contributed by atoms with Crippen molar-refractivity contribution in [2.75, 3.05) is 7.05 Å². The molecule has 2 rings (SSSR count). The molecule has 94 valence electrons. The predicted octanol–water partition coefficient (Wildman–Crippen LogP) is 1.20. The zero-order valence-electron chi connectivity index (χ0n) is 10.1. The van der Waals surface area contributed by atoms with Crippen molar-refractivity contribution >= 4 is 5.91 Å². The molecule has 2 aromatic rings. The van der Waals surface area contributed by atoms with Gasteiger partial charge in [-0.15, -0.1) is 0 Å². The van der Waals surface area contributed by atoms with Gasteiger partial charge >= 0.3 is 0 Å². The monoisotopic (exact) mass is 246 g/mol. The van der Waals surface area contributed by atoms with Crippen LogP contribution in [0, 0.1) is 0 Å². The van der Waals surface area contributed by atoms with Gasteiger partial charge in [-0.1, -0.05) is 11.2 Å². The molecule has 0 unspecified atom stereocenters. The van der Waals surface area contributed by atoms with Crippen LogP contribution in [0.15, 0.2) is 28.9 Å². The maximum atomic E-state index is 11.0. The molecule has 0 aromatic carbocycles. The number of hydrogen-bond donors (Lipinski definition) is 1. The van der Waals surface area contributed by atoms with E-state index in [0.717, 1.165) is 0 Å². The van der Waals surface area contributed by atoms with Gasteiger partial charge in [0.1, 0.15) is 5.69 Å². The molecule has 1 N–H and O–H groups in total. The molecular formula is C12H14N4O2. The van der Waals surface area contributed by atoms with Crippen LogP contribution in [-0.2, 0) is 11.2 Å². The topological polar surface area (TPSA) is 80.9 Å². The fourth-order valence-electron chi connectivity index (χ4n) is 1.48. The van der Waals surface area contributed by atoms with E-state index in [1.54, 1.807) is 13.2 Å². The van der Waals surface area contributed by atoms with Crippen molar-refractivity contribution in [2.45, 2.75) is 19.3 Å². The summed E-state index contributed by atoms with van der Waals surface area (Å²) >= 11 is 0. The third-order valence-corrected chi connectivity index (χ3v) is 2.44. The lowest BCUT2D eigenvalue weighted by Gasteiger charge is -1.96. The Morgan fingerprint density at radius 2 is 2.33 bits per heavy atom. The average Bonchev–Trinajstić information content (AvgIpc) is 2.88. The normalized spacial score (nSPS) is 10.3. The van der Waals surface area contributed by atoms with Crippen LogP contribution in [0.5, 0.6) is 0 Å². The van der Waals surface area contributed by atoms with Crippen LogP contribution in [0.2, 0.25) is 0 Å². The summed E-state index contributed by atoms with van der Waals surface area (Å²) in [5.74, 6) is 1.02. The Hall–Kier alpha value is -2.24. The molecule has 0 atom stereocenters. The summed E-state index contributed by atoms with van der Waals surface area (Å²) in [6.07, 6.45) is 3.41. The summed E-state index contributed by atoms with van der Waals surface area (Å²) in [5, 5.41) is 6.42. The second-order valence-corrected chi connectivity index (χ2v) is 3.75. The highest BCUT2D eigenvalue weighted by Crippen LogP contribution is 2.12. The number of nitrogens with one attached hydrogen (secondary N) is 1. The van der Waals surface area contributed by atoms with Crippen molar-refractivity contribution in [2.24, 2.45) is 0 Å². The Kier molecular flexibility index (Phi) is 4.01. The lowest BCUT2D eigenvalue weighted by molar-refractivity contribution is -0.120. The minimum absolute atomic E-state index is 0.0134. The van der Waals surface area contributed by atoms with E-state index in [-0.39, 0.29) is 5.91 Å². The highest BCUT2D eigenvalue weighted by molar-refractivity contribution is 5.75. The van der Waals surface area contributed by atoms with Crippen molar-refractivity contribution in [1.29, 1.82) is 0 Å². The SMILES string of the molecule is CNC(=O)CCCc1nc(-c2ccccn2)no1. The van der Waals surface area contributed by atoms with E-state index in [0.29, 0.717) is 36.7 Å². The van der Waals surface area contributed by atoms with Crippen LogP contribution in [0.3, 0.4) is 0 Å². The highest BCUT2D eigenvalue weighted by Gasteiger charge is 2.09. The first kappa shape index (κ1) is 12.2. The lowest BCUT2D eigenvalue weighted by atomic mass is 10.2. The molecule has 0 saturated heterocycles. The number of aryl methyl sites for hydroxylation is 1. The number of hydrogen-bond acceptors (Lipinski definition) is 5. The first-order valence-electron chi connectivity index (χ1n) is 5.74. The van der Waals surface area contributed by atoms with Crippen molar-refractivity contribution in [3.63, 3.8) is 0 Å². The standard InChI is InChI=1S/C12H14N4O2/c1-13-10(17)6-4-7-11-15-12(16-18-11)9-5-2-3-8-14-9/h2-3,5,8H,4,6-7H2,1H3,(H,13,17). The maximum Gasteiger partial charge on any atom is 0.227 e. The quantitative estimate of drug-likeness (QED) is 0.857. The molecular weight excluding hydrogens is 232 g/mol. The van der Waals surface area contributed by atoms with Crippen LogP contribution < -0.4 is 5.32 Å². The third kappa shape index (κ3) is 3.13. The van der Waals surface area contributed by atoms with Crippen LogP contribution in [0.4, 0.5) is 0 Å². The molecule has 0 saturated carbocycles. The average molecular weight is 246 g/mol. The Morgan fingerprint density at radius 3 is 3.06 bits per heavy atom. The van der Waals surface area contributed by atoms with E-state index in [4.69, 9.17) is 4.52 Å². The van der Waals surface area contributed by atoms with Gasteiger partial charge in [-0.25, -0.2) is 0 Å². The van der Waals surface area contributed by atoms with Crippen molar-refractivity contribution in [1.82, 2.24) is 20.4 Å². The molecule has 0 spiro atoms. The molecule has 0 aliphatic rings. The number of nitrogens with zero attached hydrogens (tertiary/aromatic N) is 3. The summed E-state index contributed by atoms with van der Waals surface area (Å²) < 4.78 is 5.10. The Bertz CT molecular complexity index is 510. The molecule has 6 heteroatoms. The second-order valence-electron chi connectivity index (χ2n) is 3.75. The summed E-state index contributed by atoms with van der Waals surface area (Å²) in [6.45, 7) is 0. The molecule has 0 aliphatic heterocycles. The molecule has 6 nitrogen and oxygen atoms in total. The van der Waals surface area contributed by atoms with E-state index in [1.807, 2.05) is 18.2 Å². The zero-order valence-corrected chi connectivity index (χ0v) is 10.1. The number of carbonyl (C=O) groups excluding carboxylic acids is 1. The first-order chi connectivity index (χ1) is 8.79. The van der Waals surface area contributed by atoms with Crippen LogP contribution >= 0.6 is 0 Å². The molecule has 0 radical (unpaired) electrons. The van der Waals surface area contributed by atoms with E-state index in [1.165, 1.54) is 0 Å². The van der Waals surface area contributed by atoms with Gasteiger partial charge in [0.25, 0.3) is 0 Å². The van der Waals surface area contributed by atoms with E-state index in [2.05, 4.69) is 20.4 Å². The minimum atomic E-state index is 0.0134. The summed E-state index contributed by atoms with van der Waals surface area (Å²) in [7, 11) is 1.62. The van der Waals surface area contributed by atoms with Crippen LogP contribution in [0.1, 0.15) is 18.7 Å². The second kappa shape index (κ2) is 5.90. The van der Waals surface area contributed by atoms with Gasteiger partial charge in [0.05, 0.1) is 0 Å². The molecule has 0 aliphatic carbocycles. The maximum absolute atomic E-state index is 11.0. The Morgan fingerprint density at radius 1 is 1.44 bits per heavy atom. The van der Waals surface area contributed by atoms with Gasteiger partial charge in [0.15, 0.2) is 0 Å². The van der Waals surface area contributed by atoms with Crippen LogP contribution in [-0.4, -0.2) is 28.1 Å². The fraction of sp³-hybridized carbons (Fsp3) is 0.333. The number of carbonyl (C=O) groups is 1. The number of aromatic nitrogens is 3. The van der Waals surface area contributed by atoms with Gasteiger partial charge in [-0.3, -0.25) is 9.78 Å². The summed E-state index contributed by atoms with van der Waals surface area (Å²) in [5.41, 5.74) is 0.679. The molecule has 0 fully saturated rings. The van der Waals surface area contributed by atoms with E-state index < -0.39 is 0 Å². The van der Waals surface area contributed by atoms with Gasteiger partial charge in [-0.2, -0.15) is 4.98 Å². The fourth-order valence-corrected chi connectivity index (χ4v) is 1.48. The van der Waals surface area contributed by atoms with E-state index in [9.17, 15) is 4.79 Å². The number of rotatable bonds is 5. The van der Waals surface area contributed by atoms with E-state index >= 15 is 0 Å². The molecule has 0 bridgehead atoms. The molecule has 18 heavy (non-hydrogen) atoms. The Balaban J connectivity index is 1.93. The molecule has 2 aromatic heterocycles. The smallest absolute Gasteiger partial charge is 0.227 e. The number of pyridine rings is 1. The van der Waals surface area contributed by atoms with Crippen LogP contribution in [0.25, 0.3) is 11.5 Å². The zero-order chi connectivity index (χ0) is 12.8. The summed E-state index contributed by atoms with van der Waals surface area (Å²) in [6, 6.07) is 5.51. The summed E-state index contributed by atoms with van der Waals surface area (Å²) in [4.78, 5) is 19.4. The highest BCUT2D eigenvalue weighted by atomic mass is 16.5. The Labute approximate surface area is 104 Å². The van der Waals surface area contributed by atoms with Gasteiger partial charge in [-0.05, 0) is 18.6 Å². The predicted molar refractivity (Wildman–Crippen MR) is 64.5 cm³/mol. The van der Waals surface area contributed by atoms with Gasteiger partial charge in [0, 0.05) is 26.1 Å². The lowest BCUT2D eigenvalue weighted by Crippen LogP contribution is -2.17. The molecule has 1 amide bonds. The van der Waals surface area contributed by atoms with Crippen molar-refractivity contribution in [3.05, 3.63) is 30.3 Å². The third-order valence-electron chi connectivity index (χ3n) is 2.44. The number of amides is 1. The van der Waals surface area contributed by atoms with Crippen molar-refractivity contribution < 1.29 is 9.32 Å². The van der Waals surface area contributed by atoms with Crippen molar-refractivity contribution in [3.8, 4) is 11.5 Å². The largest absolute Gasteiger partial charge is 0.359 e. The van der Waals surface area contributed by atoms with Gasteiger partial charge < -0.3 is 9.84 Å². The van der Waals surface area contributed by atoms with Gasteiger partial charge in [0.2, 0.25) is 17.6 Å². The minimum Gasteiger partial charge on any atom is -0.359 e. The first-order valence-corrected chi connectivity index (χ1v) is 5.74. The molecule has 2 heterocycles.